The van der Waals surface area contributed by atoms with E-state index in [-0.39, 0.29) is 64.4 Å². The summed E-state index contributed by atoms with van der Waals surface area (Å²) in [5.74, 6) is 1.31. The summed E-state index contributed by atoms with van der Waals surface area (Å²) in [7, 11) is 0. The molecular formula is C30H39N7O2S3. The van der Waals surface area contributed by atoms with Crippen molar-refractivity contribution in [1.29, 1.82) is 0 Å². The number of likely N-dealkylation sites (tertiary alicyclic amines) is 1. The van der Waals surface area contributed by atoms with Gasteiger partial charge in [-0.3, -0.25) is 19.5 Å². The molecule has 5 rings (SSSR count). The number of hydrogen-bond acceptors (Lipinski definition) is 5. The van der Waals surface area contributed by atoms with Gasteiger partial charge in [0, 0.05) is 55.0 Å². The van der Waals surface area contributed by atoms with Crippen molar-refractivity contribution >= 4 is 63.9 Å². The minimum atomic E-state index is -0.363. The molecule has 1 saturated heterocycles. The maximum atomic E-state index is 12.9. The van der Waals surface area contributed by atoms with Gasteiger partial charge in [0.15, 0.2) is 5.82 Å². The van der Waals surface area contributed by atoms with Gasteiger partial charge in [-0.1, -0.05) is 37.3 Å². The highest BCUT2D eigenvalue weighted by molar-refractivity contribution is 7.59. The van der Waals surface area contributed by atoms with Gasteiger partial charge in [0.05, 0.1) is 5.92 Å². The van der Waals surface area contributed by atoms with E-state index in [4.69, 9.17) is 6.57 Å². The minimum absolute atomic E-state index is 0. The van der Waals surface area contributed by atoms with E-state index in [0.717, 1.165) is 35.3 Å². The number of pyridine rings is 1. The summed E-state index contributed by atoms with van der Waals surface area (Å²) in [4.78, 5) is 35.4. The van der Waals surface area contributed by atoms with Crippen molar-refractivity contribution in [2.24, 2.45) is 5.92 Å². The molecule has 2 amide bonds. The Hall–Kier alpha value is -3.24. The van der Waals surface area contributed by atoms with E-state index in [1.807, 2.05) is 43.3 Å². The second-order valence-corrected chi connectivity index (χ2v) is 10.5. The van der Waals surface area contributed by atoms with Crippen molar-refractivity contribution in [2.75, 3.05) is 23.7 Å². The topological polar surface area (TPSA) is 107 Å². The van der Waals surface area contributed by atoms with E-state index in [1.165, 1.54) is 18.9 Å². The van der Waals surface area contributed by atoms with Crippen molar-refractivity contribution in [3.8, 4) is 11.1 Å². The van der Waals surface area contributed by atoms with Crippen LogP contribution in [0.25, 0.3) is 16.0 Å². The SMILES string of the molecule is S.S.S.[C-]#[N+][C@@H]1C[C@H](C)CN1C/C=C/C(=O)Nc1ccc(-c2cccc([C@H](C)C(=O)Nc3cc(C4CC4)[nH]n3)c2)cn1. The average Bonchev–Trinajstić information content (AvgIpc) is 3.58. The zero-order chi connectivity index (χ0) is 27.4. The molecule has 42 heavy (non-hydrogen) atoms. The monoisotopic (exact) mass is 625 g/mol. The molecule has 0 unspecified atom stereocenters. The fourth-order valence-corrected chi connectivity index (χ4v) is 4.92. The van der Waals surface area contributed by atoms with Gasteiger partial charge >= 0.3 is 0 Å². The van der Waals surface area contributed by atoms with E-state index >= 15 is 0 Å². The first-order chi connectivity index (χ1) is 18.9. The molecule has 3 aromatic rings. The van der Waals surface area contributed by atoms with Crippen molar-refractivity contribution in [3.63, 3.8) is 0 Å². The predicted octanol–water partition coefficient (Wildman–Crippen LogP) is 5.51. The van der Waals surface area contributed by atoms with Crippen LogP contribution in [0.1, 0.15) is 56.2 Å². The minimum Gasteiger partial charge on any atom is -0.309 e. The maximum absolute atomic E-state index is 12.9. The third kappa shape index (κ3) is 8.88. The Bertz CT molecular complexity index is 1420. The van der Waals surface area contributed by atoms with Crippen molar-refractivity contribution in [1.82, 2.24) is 20.1 Å². The molecular weight excluding hydrogens is 587 g/mol. The fourth-order valence-electron chi connectivity index (χ4n) is 4.92. The lowest BCUT2D eigenvalue weighted by molar-refractivity contribution is -0.117. The van der Waals surface area contributed by atoms with Gasteiger partial charge in [-0.25, -0.2) is 16.5 Å². The predicted molar refractivity (Wildman–Crippen MR) is 182 cm³/mol. The lowest BCUT2D eigenvalue weighted by atomic mass is 9.96. The Morgan fingerprint density at radius 2 is 1.90 bits per heavy atom. The number of carbonyl (C=O) groups excluding carboxylic acids is 2. The molecule has 2 aromatic heterocycles. The van der Waals surface area contributed by atoms with Crippen LogP contribution in [0.4, 0.5) is 11.6 Å². The normalized spacial score (nSPS) is 18.6. The molecule has 1 aromatic carbocycles. The number of carbonyl (C=O) groups is 2. The summed E-state index contributed by atoms with van der Waals surface area (Å²) in [5, 5.41) is 12.9. The molecule has 0 bridgehead atoms. The highest BCUT2D eigenvalue weighted by atomic mass is 32.1. The van der Waals surface area contributed by atoms with Crippen LogP contribution >= 0.6 is 40.5 Å². The Kier molecular flexibility index (Phi) is 13.2. The summed E-state index contributed by atoms with van der Waals surface area (Å²) < 4.78 is 0. The molecule has 2 fully saturated rings. The first-order valence-electron chi connectivity index (χ1n) is 13.4. The summed E-state index contributed by atoms with van der Waals surface area (Å²) >= 11 is 0. The van der Waals surface area contributed by atoms with Gasteiger partial charge in [0.2, 0.25) is 11.8 Å². The van der Waals surface area contributed by atoms with Gasteiger partial charge in [0.1, 0.15) is 5.82 Å². The molecule has 224 valence electrons. The molecule has 9 nitrogen and oxygen atoms in total. The number of aromatic amines is 1. The molecule has 2 aliphatic rings. The zero-order valence-corrected chi connectivity index (χ0v) is 26.7. The van der Waals surface area contributed by atoms with Crippen LogP contribution in [-0.2, 0) is 9.59 Å². The number of anilines is 2. The number of H-pyrrole nitrogens is 1. The molecule has 1 saturated carbocycles. The largest absolute Gasteiger partial charge is 0.309 e. The second-order valence-electron chi connectivity index (χ2n) is 10.5. The third-order valence-corrected chi connectivity index (χ3v) is 7.33. The Morgan fingerprint density at radius 1 is 1.12 bits per heavy atom. The maximum Gasteiger partial charge on any atom is 0.280 e. The van der Waals surface area contributed by atoms with Gasteiger partial charge < -0.3 is 10.6 Å². The van der Waals surface area contributed by atoms with Gasteiger partial charge in [0.25, 0.3) is 6.17 Å². The molecule has 3 heterocycles. The number of nitrogens with one attached hydrogen (secondary N) is 3. The molecule has 1 aliphatic carbocycles. The van der Waals surface area contributed by atoms with E-state index in [9.17, 15) is 9.59 Å². The van der Waals surface area contributed by atoms with Crippen molar-refractivity contribution in [2.45, 2.75) is 51.1 Å². The van der Waals surface area contributed by atoms with E-state index < -0.39 is 0 Å². The number of aromatic nitrogens is 3. The van der Waals surface area contributed by atoms with Crippen LogP contribution in [0.15, 0.2) is 60.8 Å². The van der Waals surface area contributed by atoms with E-state index in [0.29, 0.717) is 30.0 Å². The number of benzene rings is 1. The summed E-state index contributed by atoms with van der Waals surface area (Å²) in [6, 6.07) is 13.4. The standard InChI is InChI=1S/C30H33N7O2.3H2S/c1-19-14-28(31-3)37(18-19)13-5-8-29(38)33-26-12-11-24(17-32-26)23-7-4-6-22(15-23)20(2)30(39)34-27-16-25(35-36-27)21-9-10-21;;;/h4-8,11-12,15-17,19-21,28H,9-10,13-14,18H2,1-2H3,(H,32,33,38)(H2,34,35,36,39);3*1H2/b8-5+;;;/t19-,20-,28-;;;/m0.../s1. The van der Waals surface area contributed by atoms with Crippen LogP contribution < -0.4 is 10.6 Å². The van der Waals surface area contributed by atoms with Crippen LogP contribution in [0.5, 0.6) is 0 Å². The van der Waals surface area contributed by atoms with E-state index in [2.05, 4.69) is 42.5 Å². The van der Waals surface area contributed by atoms with Gasteiger partial charge in [-0.2, -0.15) is 45.6 Å². The number of amides is 2. The van der Waals surface area contributed by atoms with Crippen LogP contribution in [0.2, 0.25) is 0 Å². The zero-order valence-electron chi connectivity index (χ0n) is 23.7. The van der Waals surface area contributed by atoms with Crippen LogP contribution in [0.3, 0.4) is 0 Å². The first kappa shape index (κ1) is 35.0. The third-order valence-electron chi connectivity index (χ3n) is 7.33. The van der Waals surface area contributed by atoms with E-state index in [1.54, 1.807) is 18.3 Å². The average molecular weight is 626 g/mol. The number of rotatable bonds is 9. The second kappa shape index (κ2) is 15.8. The molecule has 0 spiro atoms. The van der Waals surface area contributed by atoms with Gasteiger partial charge in [-0.05, 0) is 48.9 Å². The fraction of sp³-hybridized carbons (Fsp3) is 0.367. The summed E-state index contributed by atoms with van der Waals surface area (Å²) in [6.45, 7) is 12.8. The molecule has 0 radical (unpaired) electrons. The molecule has 12 heteroatoms. The highest BCUT2D eigenvalue weighted by Crippen LogP contribution is 2.39. The van der Waals surface area contributed by atoms with Crippen LogP contribution in [0, 0.1) is 12.5 Å². The molecule has 1 aliphatic heterocycles. The Labute approximate surface area is 268 Å². The molecule has 3 atom stereocenters. The number of nitrogens with zero attached hydrogens (tertiary/aromatic N) is 4. The van der Waals surface area contributed by atoms with Crippen molar-refractivity contribution < 1.29 is 9.59 Å². The first-order valence-corrected chi connectivity index (χ1v) is 13.4. The summed E-state index contributed by atoms with van der Waals surface area (Å²) in [6.07, 6.45) is 8.10. The Morgan fingerprint density at radius 3 is 2.60 bits per heavy atom. The Balaban J connectivity index is 0.00000205. The number of hydrogen-bond donors (Lipinski definition) is 3. The molecule has 3 N–H and O–H groups in total. The lowest BCUT2D eigenvalue weighted by Crippen LogP contribution is -2.27. The van der Waals surface area contributed by atoms with Gasteiger partial charge in [-0.15, -0.1) is 0 Å². The quantitative estimate of drug-likeness (QED) is 0.215. The lowest BCUT2D eigenvalue weighted by Gasteiger charge is -2.13. The smallest absolute Gasteiger partial charge is 0.280 e. The summed E-state index contributed by atoms with van der Waals surface area (Å²) in [5.41, 5.74) is 3.78. The van der Waals surface area contributed by atoms with Crippen LogP contribution in [-0.4, -0.2) is 51.2 Å². The van der Waals surface area contributed by atoms with Crippen molar-refractivity contribution in [3.05, 3.63) is 83.5 Å². The highest BCUT2D eigenvalue weighted by Gasteiger charge is 2.32.